The molecule has 0 unspecified atom stereocenters. The molecule has 0 N–H and O–H groups in total. The minimum absolute atomic E-state index is 0.106. The van der Waals surface area contributed by atoms with E-state index in [1.165, 1.54) is 29.3 Å². The van der Waals surface area contributed by atoms with E-state index >= 15 is 0 Å². The van der Waals surface area contributed by atoms with Crippen molar-refractivity contribution in [3.8, 4) is 6.07 Å². The molecule has 30 heavy (non-hydrogen) atoms. The average molecular weight is 408 g/mol. The van der Waals surface area contributed by atoms with Crippen LogP contribution in [0.25, 0.3) is 11.0 Å². The molecule has 3 aromatic rings. The number of fused-ring (bicyclic) bond motifs is 1. The topological polar surface area (TPSA) is 71.2 Å². The Hall–Kier alpha value is -3.31. The molecule has 8 heteroatoms. The normalized spacial score (nSPS) is 23.4. The lowest BCUT2D eigenvalue weighted by atomic mass is 9.79. The molecule has 1 amide bonds. The number of imidazole rings is 1. The highest BCUT2D eigenvalue weighted by Gasteiger charge is 2.42. The van der Waals surface area contributed by atoms with Gasteiger partial charge in [-0.25, -0.2) is 18.8 Å². The number of nitriles is 1. The molecule has 1 atom stereocenters. The second-order valence-corrected chi connectivity index (χ2v) is 7.79. The van der Waals surface area contributed by atoms with Gasteiger partial charge in [-0.05, 0) is 48.7 Å². The first kappa shape index (κ1) is 18.7. The molecule has 0 spiro atoms. The number of hydrogen-bond acceptors (Lipinski definition) is 4. The molecule has 2 heterocycles. The van der Waals surface area contributed by atoms with Crippen LogP contribution in [0.3, 0.4) is 0 Å². The Kier molecular flexibility index (Phi) is 4.48. The molecule has 0 radical (unpaired) electrons. The maximum absolute atomic E-state index is 13.9. The van der Waals surface area contributed by atoms with E-state index in [-0.39, 0.29) is 29.2 Å². The predicted molar refractivity (Wildman–Crippen MR) is 103 cm³/mol. The van der Waals surface area contributed by atoms with Crippen LogP contribution in [0.1, 0.15) is 42.5 Å². The smallest absolute Gasteiger partial charge is 0.249 e. The van der Waals surface area contributed by atoms with Crippen molar-refractivity contribution in [2.45, 2.75) is 31.3 Å². The van der Waals surface area contributed by atoms with Crippen molar-refractivity contribution in [1.29, 1.82) is 5.26 Å². The van der Waals surface area contributed by atoms with Gasteiger partial charge in [-0.1, -0.05) is 0 Å². The van der Waals surface area contributed by atoms with Gasteiger partial charge in [0.25, 0.3) is 0 Å². The number of nitrogens with zero attached hydrogens (tertiary/aromatic N) is 4. The van der Waals surface area contributed by atoms with Gasteiger partial charge in [-0.3, -0.25) is 9.63 Å². The maximum Gasteiger partial charge on any atom is 0.249 e. The van der Waals surface area contributed by atoms with Crippen molar-refractivity contribution >= 4 is 16.9 Å². The van der Waals surface area contributed by atoms with E-state index in [2.05, 4.69) is 4.98 Å². The summed E-state index contributed by atoms with van der Waals surface area (Å²) in [6, 6.07) is 10.3. The number of hydrogen-bond donors (Lipinski definition) is 0. The summed E-state index contributed by atoms with van der Waals surface area (Å²) in [5.74, 6) is -1.18. The van der Waals surface area contributed by atoms with Crippen LogP contribution >= 0.6 is 0 Å². The Morgan fingerprint density at radius 2 is 2.00 bits per heavy atom. The summed E-state index contributed by atoms with van der Waals surface area (Å²) >= 11 is 0. The standard InChI is InChI=1S/C22H18F2N4O2/c23-16-1-2-21-19(10-16)26-12-27(21)18-8-15(9-18)22(29)28-20(3-4-30-28)14-5-13(11-25)6-17(24)7-14/h1-2,5-7,10,12,15,18,20H,3-4,8-9H2/t15-,18+,20-/m0/s1. The molecule has 2 fully saturated rings. The van der Waals surface area contributed by atoms with E-state index in [4.69, 9.17) is 10.1 Å². The minimum atomic E-state index is -0.504. The largest absolute Gasteiger partial charge is 0.327 e. The molecule has 5 rings (SSSR count). The Labute approximate surface area is 171 Å². The zero-order valence-electron chi connectivity index (χ0n) is 16.0. The third-order valence-corrected chi connectivity index (χ3v) is 5.95. The number of aromatic nitrogens is 2. The number of benzene rings is 2. The Morgan fingerprint density at radius 1 is 1.17 bits per heavy atom. The number of amides is 1. The number of halogens is 2. The van der Waals surface area contributed by atoms with Gasteiger partial charge in [0, 0.05) is 24.4 Å². The van der Waals surface area contributed by atoms with Crippen LogP contribution < -0.4 is 0 Å². The van der Waals surface area contributed by atoms with Crippen molar-refractivity contribution in [3.05, 3.63) is 65.5 Å². The molecule has 152 valence electrons. The Morgan fingerprint density at radius 3 is 2.80 bits per heavy atom. The molecule has 0 bridgehead atoms. The van der Waals surface area contributed by atoms with Gasteiger partial charge in [0.15, 0.2) is 0 Å². The summed E-state index contributed by atoms with van der Waals surface area (Å²) in [6.45, 7) is 0.364. The monoisotopic (exact) mass is 408 g/mol. The maximum atomic E-state index is 13.9. The van der Waals surface area contributed by atoms with Crippen LogP contribution in [0.2, 0.25) is 0 Å². The summed E-state index contributed by atoms with van der Waals surface area (Å²) < 4.78 is 29.2. The molecule has 1 saturated heterocycles. The minimum Gasteiger partial charge on any atom is -0.327 e. The van der Waals surface area contributed by atoms with Crippen molar-refractivity contribution in [2.75, 3.05) is 6.61 Å². The lowest BCUT2D eigenvalue weighted by molar-refractivity contribution is -0.185. The first-order valence-corrected chi connectivity index (χ1v) is 9.82. The van der Waals surface area contributed by atoms with E-state index in [1.807, 2.05) is 10.6 Å². The third kappa shape index (κ3) is 3.12. The molecular formula is C22H18F2N4O2. The van der Waals surface area contributed by atoms with Crippen LogP contribution in [0.15, 0.2) is 42.7 Å². The Balaban J connectivity index is 1.31. The van der Waals surface area contributed by atoms with Crippen LogP contribution in [-0.2, 0) is 9.63 Å². The molecule has 1 saturated carbocycles. The van der Waals surface area contributed by atoms with Gasteiger partial charge in [-0.2, -0.15) is 5.26 Å². The van der Waals surface area contributed by atoms with E-state index < -0.39 is 11.9 Å². The van der Waals surface area contributed by atoms with Gasteiger partial charge >= 0.3 is 0 Å². The third-order valence-electron chi connectivity index (χ3n) is 5.95. The zero-order chi connectivity index (χ0) is 20.8. The van der Waals surface area contributed by atoms with Crippen molar-refractivity contribution in [2.24, 2.45) is 5.92 Å². The lowest BCUT2D eigenvalue weighted by Gasteiger charge is -2.38. The summed E-state index contributed by atoms with van der Waals surface area (Å²) in [7, 11) is 0. The van der Waals surface area contributed by atoms with Crippen LogP contribution in [0.4, 0.5) is 8.78 Å². The van der Waals surface area contributed by atoms with Gasteiger partial charge in [0.1, 0.15) is 11.6 Å². The van der Waals surface area contributed by atoms with Gasteiger partial charge in [0.2, 0.25) is 5.91 Å². The van der Waals surface area contributed by atoms with Crippen LogP contribution in [-0.4, -0.2) is 27.1 Å². The first-order chi connectivity index (χ1) is 14.5. The SMILES string of the molecule is N#Cc1cc(F)cc([C@@H]2CCON2C(=O)[C@H]2C[C@@H](n3cnc4cc(F)ccc43)C2)c1. The summed E-state index contributed by atoms with van der Waals surface area (Å²) in [5, 5.41) is 10.4. The van der Waals surface area contributed by atoms with Gasteiger partial charge in [-0.15, -0.1) is 0 Å². The highest BCUT2D eigenvalue weighted by atomic mass is 19.1. The second-order valence-electron chi connectivity index (χ2n) is 7.79. The molecule has 2 aliphatic rings. The van der Waals surface area contributed by atoms with Crippen molar-refractivity contribution < 1.29 is 18.4 Å². The average Bonchev–Trinajstić information content (AvgIpc) is 3.33. The molecule has 6 nitrogen and oxygen atoms in total. The van der Waals surface area contributed by atoms with Crippen LogP contribution in [0.5, 0.6) is 0 Å². The highest BCUT2D eigenvalue weighted by Crippen LogP contribution is 2.43. The second kappa shape index (κ2) is 7.18. The Bertz CT molecular complexity index is 1180. The van der Waals surface area contributed by atoms with E-state index in [9.17, 15) is 13.6 Å². The zero-order valence-corrected chi connectivity index (χ0v) is 16.0. The van der Waals surface area contributed by atoms with Crippen molar-refractivity contribution in [1.82, 2.24) is 14.6 Å². The van der Waals surface area contributed by atoms with E-state index in [0.29, 0.717) is 36.9 Å². The number of rotatable bonds is 3. The lowest BCUT2D eigenvalue weighted by Crippen LogP contribution is -2.41. The molecule has 1 aliphatic heterocycles. The van der Waals surface area contributed by atoms with E-state index in [1.54, 1.807) is 18.5 Å². The predicted octanol–water partition coefficient (Wildman–Crippen LogP) is 4.04. The fraction of sp³-hybridized carbons (Fsp3) is 0.318. The van der Waals surface area contributed by atoms with Crippen LogP contribution in [0, 0.1) is 28.9 Å². The summed E-state index contributed by atoms with van der Waals surface area (Å²) in [6.07, 6.45) is 3.48. The summed E-state index contributed by atoms with van der Waals surface area (Å²) in [5.41, 5.74) is 2.21. The van der Waals surface area contributed by atoms with Crippen molar-refractivity contribution in [3.63, 3.8) is 0 Å². The fourth-order valence-corrected chi connectivity index (χ4v) is 4.35. The summed E-state index contributed by atoms with van der Waals surface area (Å²) in [4.78, 5) is 22.9. The molecule has 2 aromatic carbocycles. The van der Waals surface area contributed by atoms with Gasteiger partial charge < -0.3 is 4.57 Å². The quantitative estimate of drug-likeness (QED) is 0.656. The first-order valence-electron chi connectivity index (χ1n) is 9.82. The van der Waals surface area contributed by atoms with Gasteiger partial charge in [0.05, 0.1) is 41.6 Å². The molecule has 1 aromatic heterocycles. The van der Waals surface area contributed by atoms with E-state index in [0.717, 1.165) is 5.52 Å². The fourth-order valence-electron chi connectivity index (χ4n) is 4.35. The molecular weight excluding hydrogens is 390 g/mol. The number of hydroxylamine groups is 2. The number of carbonyl (C=O) groups excluding carboxylic acids is 1. The number of carbonyl (C=O) groups is 1. The molecule has 1 aliphatic carbocycles. The highest BCUT2D eigenvalue weighted by molar-refractivity contribution is 5.80.